The van der Waals surface area contributed by atoms with E-state index in [1.165, 1.54) is 0 Å². The van der Waals surface area contributed by atoms with E-state index in [1.54, 1.807) is 6.92 Å². The fraction of sp³-hybridized carbons (Fsp3) is 0.286. The SMILES string of the molecule is CCc1nc(C(=O)O)c(F)c(=O)[nH]1. The van der Waals surface area contributed by atoms with Gasteiger partial charge in [0.15, 0.2) is 5.69 Å². The maximum Gasteiger partial charge on any atom is 0.357 e. The minimum atomic E-state index is -1.54. The Morgan fingerprint density at radius 3 is 2.77 bits per heavy atom. The number of nitrogens with one attached hydrogen (secondary N) is 1. The molecular formula is C7H7FN2O3. The molecule has 0 aliphatic heterocycles. The van der Waals surface area contributed by atoms with E-state index in [1.807, 2.05) is 0 Å². The molecule has 0 bridgehead atoms. The summed E-state index contributed by atoms with van der Waals surface area (Å²) in [5.74, 6) is -2.74. The summed E-state index contributed by atoms with van der Waals surface area (Å²) >= 11 is 0. The van der Waals surface area contributed by atoms with Gasteiger partial charge in [0.1, 0.15) is 5.82 Å². The summed E-state index contributed by atoms with van der Waals surface area (Å²) in [5, 5.41) is 8.45. The molecule has 0 aliphatic rings. The van der Waals surface area contributed by atoms with Crippen LogP contribution in [0.1, 0.15) is 23.2 Å². The number of aromatic carboxylic acids is 1. The summed E-state index contributed by atoms with van der Waals surface area (Å²) in [6.45, 7) is 1.67. The third kappa shape index (κ3) is 1.71. The molecule has 13 heavy (non-hydrogen) atoms. The van der Waals surface area contributed by atoms with Gasteiger partial charge in [-0.25, -0.2) is 9.78 Å². The molecule has 6 heteroatoms. The molecule has 0 aliphatic carbocycles. The summed E-state index contributed by atoms with van der Waals surface area (Å²) in [6, 6.07) is 0. The predicted octanol–water partition coefficient (Wildman–Crippen LogP) is 0.170. The average Bonchev–Trinajstić information content (AvgIpc) is 2.09. The van der Waals surface area contributed by atoms with Crippen LogP contribution in [0, 0.1) is 5.82 Å². The number of H-pyrrole nitrogens is 1. The standard InChI is InChI=1S/C7H7FN2O3/c1-2-3-9-5(7(12)13)4(8)6(11)10-3/h2H2,1H3,(H,12,13)(H,9,10,11). The van der Waals surface area contributed by atoms with Crippen LogP contribution in [0.5, 0.6) is 0 Å². The van der Waals surface area contributed by atoms with Crippen molar-refractivity contribution in [3.63, 3.8) is 0 Å². The van der Waals surface area contributed by atoms with Crippen molar-refractivity contribution in [2.45, 2.75) is 13.3 Å². The van der Waals surface area contributed by atoms with E-state index >= 15 is 0 Å². The van der Waals surface area contributed by atoms with Gasteiger partial charge in [0.2, 0.25) is 5.82 Å². The van der Waals surface area contributed by atoms with Gasteiger partial charge in [0.05, 0.1) is 0 Å². The quantitative estimate of drug-likeness (QED) is 0.689. The van der Waals surface area contributed by atoms with E-state index in [0.29, 0.717) is 6.42 Å². The van der Waals surface area contributed by atoms with Crippen molar-refractivity contribution >= 4 is 5.97 Å². The van der Waals surface area contributed by atoms with Crippen LogP contribution < -0.4 is 5.56 Å². The number of aryl methyl sites for hydroxylation is 1. The first-order chi connectivity index (χ1) is 6.06. The summed E-state index contributed by atoms with van der Waals surface area (Å²) < 4.78 is 12.8. The van der Waals surface area contributed by atoms with Crippen LogP contribution in [0.15, 0.2) is 4.79 Å². The zero-order chi connectivity index (χ0) is 10.0. The third-order valence-electron chi connectivity index (χ3n) is 1.45. The number of hydrogen-bond donors (Lipinski definition) is 2. The molecule has 0 saturated heterocycles. The van der Waals surface area contributed by atoms with Gasteiger partial charge in [0.25, 0.3) is 5.56 Å². The van der Waals surface area contributed by atoms with Gasteiger partial charge in [0, 0.05) is 6.42 Å². The monoisotopic (exact) mass is 186 g/mol. The molecule has 0 aromatic carbocycles. The van der Waals surface area contributed by atoms with Crippen LogP contribution >= 0.6 is 0 Å². The number of hydrogen-bond acceptors (Lipinski definition) is 3. The predicted molar refractivity (Wildman–Crippen MR) is 41.2 cm³/mol. The molecule has 0 atom stereocenters. The van der Waals surface area contributed by atoms with Gasteiger partial charge in [-0.1, -0.05) is 6.92 Å². The highest BCUT2D eigenvalue weighted by Crippen LogP contribution is 1.98. The molecule has 0 spiro atoms. The molecule has 1 heterocycles. The molecule has 0 unspecified atom stereocenters. The first-order valence-electron chi connectivity index (χ1n) is 3.58. The van der Waals surface area contributed by atoms with E-state index in [9.17, 15) is 14.0 Å². The van der Waals surface area contributed by atoms with E-state index < -0.39 is 23.0 Å². The van der Waals surface area contributed by atoms with Crippen LogP contribution in [0.4, 0.5) is 4.39 Å². The van der Waals surface area contributed by atoms with Crippen molar-refractivity contribution in [1.29, 1.82) is 0 Å². The largest absolute Gasteiger partial charge is 0.476 e. The van der Waals surface area contributed by atoms with Gasteiger partial charge < -0.3 is 10.1 Å². The number of aromatic amines is 1. The van der Waals surface area contributed by atoms with Gasteiger partial charge in [-0.05, 0) is 0 Å². The number of nitrogens with zero attached hydrogens (tertiary/aromatic N) is 1. The maximum atomic E-state index is 12.8. The lowest BCUT2D eigenvalue weighted by Gasteiger charge is -1.98. The molecule has 2 N–H and O–H groups in total. The van der Waals surface area contributed by atoms with Crippen LogP contribution in [0.3, 0.4) is 0 Å². The molecule has 0 radical (unpaired) electrons. The molecule has 1 aromatic heterocycles. The van der Waals surface area contributed by atoms with Gasteiger partial charge in [-0.2, -0.15) is 4.39 Å². The molecular weight excluding hydrogens is 179 g/mol. The Bertz CT molecular complexity index is 399. The average molecular weight is 186 g/mol. The van der Waals surface area contributed by atoms with Crippen molar-refractivity contribution < 1.29 is 14.3 Å². The topological polar surface area (TPSA) is 83.0 Å². The second-order valence-corrected chi connectivity index (χ2v) is 2.33. The Morgan fingerprint density at radius 1 is 1.69 bits per heavy atom. The van der Waals surface area contributed by atoms with Gasteiger partial charge in [-0.15, -0.1) is 0 Å². The molecule has 1 aromatic rings. The van der Waals surface area contributed by atoms with Crippen LogP contribution in [-0.4, -0.2) is 21.0 Å². The van der Waals surface area contributed by atoms with Crippen molar-refractivity contribution in [1.82, 2.24) is 9.97 Å². The minimum Gasteiger partial charge on any atom is -0.476 e. The van der Waals surface area contributed by atoms with Crippen LogP contribution in [0.2, 0.25) is 0 Å². The molecule has 0 fully saturated rings. The maximum absolute atomic E-state index is 12.8. The molecule has 0 saturated carbocycles. The van der Waals surface area contributed by atoms with E-state index in [-0.39, 0.29) is 5.82 Å². The first kappa shape index (κ1) is 9.37. The fourth-order valence-corrected chi connectivity index (χ4v) is 0.815. The van der Waals surface area contributed by atoms with Crippen LogP contribution in [0.25, 0.3) is 0 Å². The highest BCUT2D eigenvalue weighted by molar-refractivity contribution is 5.85. The molecule has 1 rings (SSSR count). The Balaban J connectivity index is 3.42. The van der Waals surface area contributed by atoms with Gasteiger partial charge in [-0.3, -0.25) is 4.79 Å². The number of carbonyl (C=O) groups is 1. The lowest BCUT2D eigenvalue weighted by atomic mass is 10.3. The number of carboxylic acids is 1. The molecule has 0 amide bonds. The van der Waals surface area contributed by atoms with E-state index in [0.717, 1.165) is 0 Å². The normalized spacial score (nSPS) is 10.0. The van der Waals surface area contributed by atoms with Crippen molar-refractivity contribution in [3.05, 3.63) is 27.7 Å². The number of carboxylic acid groups (broad SMARTS) is 1. The Morgan fingerprint density at radius 2 is 2.31 bits per heavy atom. The second kappa shape index (κ2) is 3.34. The zero-order valence-electron chi connectivity index (χ0n) is 6.80. The number of rotatable bonds is 2. The lowest BCUT2D eigenvalue weighted by Crippen LogP contribution is -2.21. The lowest BCUT2D eigenvalue weighted by molar-refractivity contribution is 0.0683. The summed E-state index contributed by atoms with van der Waals surface area (Å²) in [7, 11) is 0. The number of aromatic nitrogens is 2. The fourth-order valence-electron chi connectivity index (χ4n) is 0.815. The summed E-state index contributed by atoms with van der Waals surface area (Å²) in [4.78, 5) is 26.7. The highest BCUT2D eigenvalue weighted by Gasteiger charge is 2.16. The van der Waals surface area contributed by atoms with Crippen molar-refractivity contribution in [3.8, 4) is 0 Å². The smallest absolute Gasteiger partial charge is 0.357 e. The summed E-state index contributed by atoms with van der Waals surface area (Å²) in [5.41, 5.74) is -1.88. The van der Waals surface area contributed by atoms with Gasteiger partial charge >= 0.3 is 5.97 Å². The van der Waals surface area contributed by atoms with E-state index in [4.69, 9.17) is 5.11 Å². The minimum absolute atomic E-state index is 0.156. The van der Waals surface area contributed by atoms with Crippen molar-refractivity contribution in [2.24, 2.45) is 0 Å². The Hall–Kier alpha value is -1.72. The summed E-state index contributed by atoms with van der Waals surface area (Å²) in [6.07, 6.45) is 0.343. The molecule has 70 valence electrons. The Kier molecular flexibility index (Phi) is 2.41. The molecule has 5 nitrogen and oxygen atoms in total. The number of halogens is 1. The highest BCUT2D eigenvalue weighted by atomic mass is 19.1. The van der Waals surface area contributed by atoms with E-state index in [2.05, 4.69) is 9.97 Å². The second-order valence-electron chi connectivity index (χ2n) is 2.33. The van der Waals surface area contributed by atoms with Crippen molar-refractivity contribution in [2.75, 3.05) is 0 Å². The third-order valence-corrected chi connectivity index (χ3v) is 1.45. The first-order valence-corrected chi connectivity index (χ1v) is 3.58. The zero-order valence-corrected chi connectivity index (χ0v) is 6.80. The Labute approximate surface area is 72.2 Å². The van der Waals surface area contributed by atoms with Crippen LogP contribution in [-0.2, 0) is 6.42 Å².